The van der Waals surface area contributed by atoms with Gasteiger partial charge in [0.25, 0.3) is 0 Å². The molecule has 0 bridgehead atoms. The average molecular weight is 641 g/mol. The Balaban J connectivity index is 3.13. The Hall–Kier alpha value is 0.799. The molecular formula is C37H77Sn. The zero-order chi connectivity index (χ0) is 27.6. The molecular weight excluding hydrogens is 563 g/mol. The van der Waals surface area contributed by atoms with Gasteiger partial charge in [0.1, 0.15) is 0 Å². The van der Waals surface area contributed by atoms with Crippen molar-refractivity contribution in [3.8, 4) is 0 Å². The van der Waals surface area contributed by atoms with Gasteiger partial charge in [0.15, 0.2) is 0 Å². The van der Waals surface area contributed by atoms with Crippen LogP contribution in [0.15, 0.2) is 0 Å². The van der Waals surface area contributed by atoms with Gasteiger partial charge >= 0.3 is 175 Å². The van der Waals surface area contributed by atoms with Crippen LogP contribution >= 0.6 is 0 Å². The molecule has 0 fully saturated rings. The first kappa shape index (κ1) is 38.8. The van der Waals surface area contributed by atoms with Gasteiger partial charge in [0.05, 0.1) is 0 Å². The van der Waals surface area contributed by atoms with Crippen molar-refractivity contribution in [2.45, 2.75) is 233 Å². The van der Waals surface area contributed by atoms with Gasteiger partial charge in [-0.3, -0.25) is 0 Å². The minimum Gasteiger partial charge on any atom is -0.0654 e. The van der Waals surface area contributed by atoms with E-state index < -0.39 is 19.8 Å². The molecule has 1 heteroatoms. The van der Waals surface area contributed by atoms with E-state index in [1.165, 1.54) is 193 Å². The molecule has 0 N–H and O–H groups in total. The smallest absolute Gasteiger partial charge is 0.0654 e. The first-order chi connectivity index (χ1) is 18.8. The number of hydrogen-bond donors (Lipinski definition) is 0. The molecule has 0 aromatic carbocycles. The van der Waals surface area contributed by atoms with Gasteiger partial charge in [0.2, 0.25) is 0 Å². The Bertz CT molecular complexity index is 356. The van der Waals surface area contributed by atoms with Crippen molar-refractivity contribution in [2.75, 3.05) is 0 Å². The van der Waals surface area contributed by atoms with Gasteiger partial charge in [-0.1, -0.05) is 78.1 Å². The van der Waals surface area contributed by atoms with Crippen molar-refractivity contribution in [2.24, 2.45) is 0 Å². The third-order valence-electron chi connectivity index (χ3n) is 8.91. The van der Waals surface area contributed by atoms with E-state index in [1.54, 1.807) is 21.7 Å². The molecule has 0 heterocycles. The quantitative estimate of drug-likeness (QED) is 0.0485. The van der Waals surface area contributed by atoms with Gasteiger partial charge in [-0.25, -0.2) is 0 Å². The predicted molar refractivity (Wildman–Crippen MR) is 180 cm³/mol. The van der Waals surface area contributed by atoms with Crippen LogP contribution in [0.25, 0.3) is 0 Å². The van der Waals surface area contributed by atoms with Crippen LogP contribution < -0.4 is 0 Å². The third kappa shape index (κ3) is 34.8. The second kappa shape index (κ2) is 35.8. The molecule has 0 aromatic rings. The van der Waals surface area contributed by atoms with Crippen molar-refractivity contribution < 1.29 is 0 Å². The fourth-order valence-corrected chi connectivity index (χ4v) is 11.7. The van der Waals surface area contributed by atoms with Crippen molar-refractivity contribution in [3.63, 3.8) is 0 Å². The summed E-state index contributed by atoms with van der Waals surface area (Å²) in [6, 6.07) is 0. The van der Waals surface area contributed by atoms with Crippen LogP contribution in [0.2, 0.25) is 13.8 Å². The summed E-state index contributed by atoms with van der Waals surface area (Å²) < 4.78 is 3.36. The van der Waals surface area contributed by atoms with E-state index in [9.17, 15) is 0 Å². The maximum absolute atomic E-state index is 2.71. The van der Waals surface area contributed by atoms with E-state index in [2.05, 4.69) is 18.8 Å². The van der Waals surface area contributed by atoms with E-state index in [1.807, 2.05) is 0 Å². The monoisotopic (exact) mass is 642 g/mol. The Kier molecular flexibility index (Phi) is 36.6. The Morgan fingerprint density at radius 1 is 0.237 bits per heavy atom. The van der Waals surface area contributed by atoms with E-state index in [0.29, 0.717) is 0 Å². The molecule has 229 valence electrons. The molecule has 1 radical (unpaired) electrons. The summed E-state index contributed by atoms with van der Waals surface area (Å²) in [7, 11) is 0. The van der Waals surface area contributed by atoms with Crippen LogP contribution in [-0.2, 0) is 0 Å². The zero-order valence-electron chi connectivity index (χ0n) is 27.5. The first-order valence-electron chi connectivity index (χ1n) is 18.6. The molecule has 0 amide bonds. The van der Waals surface area contributed by atoms with Crippen LogP contribution in [0.5, 0.6) is 0 Å². The fourth-order valence-electron chi connectivity index (χ4n) is 6.07. The standard InChI is InChI=1S/2C18H37.CH3.Sn/c2*1-3-5-7-9-11-13-15-17-18-16-14-12-10-8-6-4-2;;/h2*1,3-18H2,2H3;1H3;. The third-order valence-corrected chi connectivity index (χ3v) is 15.8. The van der Waals surface area contributed by atoms with Crippen molar-refractivity contribution in [3.05, 3.63) is 0 Å². The van der Waals surface area contributed by atoms with Crippen LogP contribution in [0, 0.1) is 0 Å². The topological polar surface area (TPSA) is 0 Å². The normalized spacial score (nSPS) is 11.7. The van der Waals surface area contributed by atoms with Crippen molar-refractivity contribution in [1.29, 1.82) is 0 Å². The second-order valence-corrected chi connectivity index (χ2v) is 21.4. The maximum atomic E-state index is 2.71. The van der Waals surface area contributed by atoms with Crippen LogP contribution in [0.3, 0.4) is 0 Å². The van der Waals surface area contributed by atoms with Crippen molar-refractivity contribution >= 4 is 19.8 Å². The summed E-state index contributed by atoms with van der Waals surface area (Å²) >= 11 is -0.951. The van der Waals surface area contributed by atoms with Gasteiger partial charge in [-0.2, -0.15) is 0 Å². The summed E-state index contributed by atoms with van der Waals surface area (Å²) in [5.41, 5.74) is 0. The predicted octanol–water partition coefficient (Wildman–Crippen LogP) is 14.6. The minimum atomic E-state index is -0.951. The Morgan fingerprint density at radius 3 is 0.579 bits per heavy atom. The van der Waals surface area contributed by atoms with Crippen molar-refractivity contribution in [1.82, 2.24) is 0 Å². The molecule has 0 unspecified atom stereocenters. The molecule has 0 aliphatic rings. The molecule has 0 saturated carbocycles. The second-order valence-electron chi connectivity index (χ2n) is 13.1. The van der Waals surface area contributed by atoms with Gasteiger partial charge in [-0.15, -0.1) is 0 Å². The average Bonchev–Trinajstić information content (AvgIpc) is 2.92. The first-order valence-corrected chi connectivity index (χ1v) is 25.5. The van der Waals surface area contributed by atoms with Crippen LogP contribution in [0.1, 0.15) is 219 Å². The summed E-state index contributed by atoms with van der Waals surface area (Å²) in [5.74, 6) is 0. The minimum absolute atomic E-state index is 0.951. The van der Waals surface area contributed by atoms with Gasteiger partial charge in [-0.05, 0) is 0 Å². The van der Waals surface area contributed by atoms with Crippen LogP contribution in [-0.4, -0.2) is 19.8 Å². The summed E-state index contributed by atoms with van der Waals surface area (Å²) in [4.78, 5) is 2.71. The Labute approximate surface area is 251 Å². The van der Waals surface area contributed by atoms with E-state index in [0.717, 1.165) is 0 Å². The SMILES string of the molecule is CCCCCCCCCCCCCCCCC[CH2][Sn]([CH3])[CH2]CCCCCCCCCCCCCCCCC. The molecule has 38 heavy (non-hydrogen) atoms. The summed E-state index contributed by atoms with van der Waals surface area (Å²) in [6.45, 7) is 4.62. The summed E-state index contributed by atoms with van der Waals surface area (Å²) in [5, 5.41) is 0. The molecule has 0 aromatic heterocycles. The van der Waals surface area contributed by atoms with E-state index in [-0.39, 0.29) is 0 Å². The van der Waals surface area contributed by atoms with Gasteiger partial charge < -0.3 is 0 Å². The number of rotatable bonds is 34. The van der Waals surface area contributed by atoms with Gasteiger partial charge in [0, 0.05) is 0 Å². The van der Waals surface area contributed by atoms with E-state index in [4.69, 9.17) is 0 Å². The molecule has 0 nitrogen and oxygen atoms in total. The molecule has 0 aliphatic heterocycles. The number of unbranched alkanes of at least 4 members (excludes halogenated alkanes) is 30. The van der Waals surface area contributed by atoms with Crippen LogP contribution in [0.4, 0.5) is 0 Å². The summed E-state index contributed by atoms with van der Waals surface area (Å²) in [6.07, 6.45) is 47.8. The molecule has 0 aliphatic carbocycles. The number of hydrogen-bond acceptors (Lipinski definition) is 0. The fraction of sp³-hybridized carbons (Fsp3) is 1.00. The Morgan fingerprint density at radius 2 is 0.395 bits per heavy atom. The molecule has 0 saturated heterocycles. The zero-order valence-corrected chi connectivity index (χ0v) is 30.4. The molecule has 0 spiro atoms. The molecule has 0 rings (SSSR count). The molecule has 0 atom stereocenters. The van der Waals surface area contributed by atoms with E-state index >= 15 is 0 Å².